The van der Waals surface area contributed by atoms with Crippen LogP contribution in [0.5, 0.6) is 0 Å². The molecule has 2 aliphatic rings. The van der Waals surface area contributed by atoms with Crippen LogP contribution in [0.3, 0.4) is 0 Å². The highest BCUT2D eigenvalue weighted by Gasteiger charge is 2.44. The first-order chi connectivity index (χ1) is 14.8. The van der Waals surface area contributed by atoms with Gasteiger partial charge in [0.05, 0.1) is 36.8 Å². The molecule has 0 spiro atoms. The number of nitrogens with zero attached hydrogens (tertiary/aromatic N) is 4. The topological polar surface area (TPSA) is 164 Å². The number of aryl methyl sites for hydroxylation is 1. The molecule has 3 heterocycles. The summed E-state index contributed by atoms with van der Waals surface area (Å²) in [6, 6.07) is 3.65. The maximum absolute atomic E-state index is 12.8. The molecule has 2 aromatic rings. The predicted molar refractivity (Wildman–Crippen MR) is 103 cm³/mol. The average molecular weight is 426 g/mol. The lowest BCUT2D eigenvalue weighted by atomic mass is 10.0. The van der Waals surface area contributed by atoms with E-state index < -0.39 is 35.6 Å². The molecular weight excluding hydrogens is 408 g/mol. The van der Waals surface area contributed by atoms with Gasteiger partial charge in [0.25, 0.3) is 11.8 Å². The lowest BCUT2D eigenvalue weighted by Crippen LogP contribution is -2.54. The monoisotopic (exact) mass is 426 g/mol. The second-order valence-corrected chi connectivity index (χ2v) is 7.18. The van der Waals surface area contributed by atoms with E-state index >= 15 is 0 Å². The van der Waals surface area contributed by atoms with Gasteiger partial charge in [0.1, 0.15) is 11.7 Å². The summed E-state index contributed by atoms with van der Waals surface area (Å²) in [5, 5.41) is 21.7. The van der Waals surface area contributed by atoms with Crippen molar-refractivity contribution in [2.45, 2.75) is 38.4 Å². The van der Waals surface area contributed by atoms with Gasteiger partial charge in [0.2, 0.25) is 11.8 Å². The first-order valence-electron chi connectivity index (χ1n) is 9.54. The molecular formula is C19H18N6O6. The number of hydrogen-bond donors (Lipinski definition) is 3. The van der Waals surface area contributed by atoms with Gasteiger partial charge in [-0.2, -0.15) is 0 Å². The minimum Gasteiger partial charge on any atom is -0.481 e. The van der Waals surface area contributed by atoms with Gasteiger partial charge < -0.3 is 10.4 Å². The smallest absolute Gasteiger partial charge is 0.305 e. The standard InChI is InChI=1S/C19H18N6O6/c26-15-4-3-14(17(29)21-15)25-18(30)12-2-1-10(7-13(12)19(25)31)20-8-11-9-24(23-22-11)6-5-16(27)28/h1-2,7,9,14,20H,3-6,8H2,(H,27,28)(H,21,26,29). The molecule has 0 radical (unpaired) electrons. The first kappa shape index (κ1) is 20.2. The van der Waals surface area contributed by atoms with E-state index in [1.54, 1.807) is 12.3 Å². The van der Waals surface area contributed by atoms with Crippen molar-refractivity contribution in [3.8, 4) is 0 Å². The molecule has 4 rings (SSSR count). The zero-order chi connectivity index (χ0) is 22.1. The number of aromatic nitrogens is 3. The van der Waals surface area contributed by atoms with Crippen molar-refractivity contribution >= 4 is 35.3 Å². The third-order valence-corrected chi connectivity index (χ3v) is 5.05. The van der Waals surface area contributed by atoms with Crippen LogP contribution in [0.25, 0.3) is 0 Å². The Labute approximate surface area is 175 Å². The van der Waals surface area contributed by atoms with Crippen LogP contribution in [0, 0.1) is 0 Å². The number of aliphatic carboxylic acids is 1. The Morgan fingerprint density at radius 3 is 2.71 bits per heavy atom. The van der Waals surface area contributed by atoms with E-state index in [2.05, 4.69) is 20.9 Å². The van der Waals surface area contributed by atoms with E-state index in [9.17, 15) is 24.0 Å². The number of piperidine rings is 1. The molecule has 0 bridgehead atoms. The van der Waals surface area contributed by atoms with Crippen LogP contribution in [0.2, 0.25) is 0 Å². The fourth-order valence-electron chi connectivity index (χ4n) is 3.51. The van der Waals surface area contributed by atoms with Crippen molar-refractivity contribution in [1.29, 1.82) is 0 Å². The molecule has 3 N–H and O–H groups in total. The number of carbonyl (C=O) groups is 5. The van der Waals surface area contributed by atoms with Crippen molar-refractivity contribution in [2.75, 3.05) is 5.32 Å². The number of nitrogens with one attached hydrogen (secondary N) is 2. The zero-order valence-electron chi connectivity index (χ0n) is 16.2. The summed E-state index contributed by atoms with van der Waals surface area (Å²) in [5.41, 5.74) is 1.49. The van der Waals surface area contributed by atoms with Crippen LogP contribution < -0.4 is 10.6 Å². The normalized spacial score (nSPS) is 18.2. The maximum Gasteiger partial charge on any atom is 0.305 e. The summed E-state index contributed by atoms with van der Waals surface area (Å²) in [6.07, 6.45) is 1.70. The van der Waals surface area contributed by atoms with E-state index in [0.717, 1.165) is 4.90 Å². The summed E-state index contributed by atoms with van der Waals surface area (Å²) in [7, 11) is 0. The Bertz CT molecular complexity index is 1110. The van der Waals surface area contributed by atoms with Crippen molar-refractivity contribution in [3.05, 3.63) is 41.2 Å². The number of rotatable bonds is 7. The molecule has 1 saturated heterocycles. The number of anilines is 1. The van der Waals surface area contributed by atoms with E-state index in [-0.39, 0.29) is 43.5 Å². The molecule has 4 amide bonds. The van der Waals surface area contributed by atoms with Gasteiger partial charge in [-0.3, -0.25) is 38.9 Å². The predicted octanol–water partition coefficient (Wildman–Crippen LogP) is -0.234. The van der Waals surface area contributed by atoms with Crippen LogP contribution in [0.15, 0.2) is 24.4 Å². The van der Waals surface area contributed by atoms with Crippen molar-refractivity contribution in [2.24, 2.45) is 0 Å². The molecule has 1 atom stereocenters. The minimum atomic E-state index is -1.01. The fraction of sp³-hybridized carbons (Fsp3) is 0.316. The van der Waals surface area contributed by atoms with Gasteiger partial charge in [-0.15, -0.1) is 5.10 Å². The molecule has 0 aliphatic carbocycles. The highest BCUT2D eigenvalue weighted by Crippen LogP contribution is 2.29. The molecule has 0 saturated carbocycles. The molecule has 12 nitrogen and oxygen atoms in total. The number of carbonyl (C=O) groups excluding carboxylic acids is 4. The van der Waals surface area contributed by atoms with E-state index in [4.69, 9.17) is 5.11 Å². The Morgan fingerprint density at radius 1 is 1.19 bits per heavy atom. The minimum absolute atomic E-state index is 0.0593. The van der Waals surface area contributed by atoms with Gasteiger partial charge >= 0.3 is 5.97 Å². The number of fused-ring (bicyclic) bond motifs is 1. The summed E-state index contributed by atoms with van der Waals surface area (Å²) in [5.74, 6) is -3.17. The summed E-state index contributed by atoms with van der Waals surface area (Å²) >= 11 is 0. The number of amides is 4. The lowest BCUT2D eigenvalue weighted by molar-refractivity contribution is -0.138. The Kier molecular flexibility index (Phi) is 5.19. The number of carboxylic acid groups (broad SMARTS) is 1. The maximum atomic E-state index is 12.8. The van der Waals surface area contributed by atoms with Gasteiger partial charge in [-0.1, -0.05) is 5.21 Å². The average Bonchev–Trinajstić information content (AvgIpc) is 3.28. The first-order valence-corrected chi connectivity index (χ1v) is 9.54. The van der Waals surface area contributed by atoms with Crippen LogP contribution in [0.1, 0.15) is 45.7 Å². The third kappa shape index (κ3) is 3.99. The molecule has 1 aromatic heterocycles. The molecule has 160 valence electrons. The number of imide groups is 2. The second kappa shape index (κ2) is 7.97. The Hall–Kier alpha value is -4.09. The quantitative estimate of drug-likeness (QED) is 0.507. The molecule has 1 unspecified atom stereocenters. The molecule has 2 aliphatic heterocycles. The largest absolute Gasteiger partial charge is 0.481 e. The molecule has 12 heteroatoms. The van der Waals surface area contributed by atoms with Crippen LogP contribution in [-0.2, 0) is 27.5 Å². The van der Waals surface area contributed by atoms with Gasteiger partial charge in [0, 0.05) is 12.1 Å². The molecule has 1 aromatic carbocycles. The van der Waals surface area contributed by atoms with Gasteiger partial charge in [0.15, 0.2) is 0 Å². The highest BCUT2D eigenvalue weighted by atomic mass is 16.4. The number of benzene rings is 1. The fourth-order valence-corrected chi connectivity index (χ4v) is 3.51. The Balaban J connectivity index is 1.44. The summed E-state index contributed by atoms with van der Waals surface area (Å²) in [6.45, 7) is 0.471. The van der Waals surface area contributed by atoms with E-state index in [0.29, 0.717) is 11.4 Å². The number of carboxylic acids is 1. The van der Waals surface area contributed by atoms with Gasteiger partial charge in [-0.25, -0.2) is 0 Å². The zero-order valence-corrected chi connectivity index (χ0v) is 16.2. The summed E-state index contributed by atoms with van der Waals surface area (Å²) in [4.78, 5) is 60.5. The summed E-state index contributed by atoms with van der Waals surface area (Å²) < 4.78 is 1.42. The second-order valence-electron chi connectivity index (χ2n) is 7.18. The third-order valence-electron chi connectivity index (χ3n) is 5.05. The van der Waals surface area contributed by atoms with E-state index in [1.165, 1.54) is 16.8 Å². The van der Waals surface area contributed by atoms with Crippen LogP contribution >= 0.6 is 0 Å². The highest BCUT2D eigenvalue weighted by molar-refractivity contribution is 6.23. The van der Waals surface area contributed by atoms with Crippen molar-refractivity contribution in [1.82, 2.24) is 25.2 Å². The van der Waals surface area contributed by atoms with Crippen LogP contribution in [-0.4, -0.2) is 60.6 Å². The van der Waals surface area contributed by atoms with E-state index in [1.807, 2.05) is 0 Å². The van der Waals surface area contributed by atoms with Crippen LogP contribution in [0.4, 0.5) is 5.69 Å². The molecule has 31 heavy (non-hydrogen) atoms. The van der Waals surface area contributed by atoms with Gasteiger partial charge in [-0.05, 0) is 24.6 Å². The van der Waals surface area contributed by atoms with Crippen molar-refractivity contribution < 1.29 is 29.1 Å². The Morgan fingerprint density at radius 2 is 1.97 bits per heavy atom. The molecule has 1 fully saturated rings. The van der Waals surface area contributed by atoms with Crippen molar-refractivity contribution in [3.63, 3.8) is 0 Å². The lowest BCUT2D eigenvalue weighted by Gasteiger charge is -2.27. The number of hydrogen-bond acceptors (Lipinski definition) is 8. The SMILES string of the molecule is O=C(O)CCn1cc(CNc2ccc3c(c2)C(=O)N(C2CCC(=O)NC2=O)C3=O)nn1.